The topological polar surface area (TPSA) is 86.1 Å². The van der Waals surface area contributed by atoms with Gasteiger partial charge < -0.3 is 13.6 Å². The highest BCUT2D eigenvalue weighted by Crippen LogP contribution is 2.36. The first kappa shape index (κ1) is 23.7. The molecule has 8 heteroatoms. The van der Waals surface area contributed by atoms with Gasteiger partial charge in [0.25, 0.3) is 0 Å². The number of hydrogen-bond donors (Lipinski definition) is 0. The lowest BCUT2D eigenvalue weighted by Gasteiger charge is -2.36. The van der Waals surface area contributed by atoms with Gasteiger partial charge in [-0.2, -0.15) is 10.4 Å². The predicted octanol–water partition coefficient (Wildman–Crippen LogP) is 6.16. The summed E-state index contributed by atoms with van der Waals surface area (Å²) >= 11 is 0. The molecule has 0 bridgehead atoms. The summed E-state index contributed by atoms with van der Waals surface area (Å²) in [6.45, 7) is 13.0. The Hall–Kier alpha value is -3.41. The molecule has 0 fully saturated rings. The molecule has 0 aliphatic rings. The Labute approximate surface area is 201 Å². The van der Waals surface area contributed by atoms with E-state index in [1.165, 1.54) is 6.20 Å². The molecule has 0 saturated heterocycles. The van der Waals surface area contributed by atoms with Crippen molar-refractivity contribution in [1.82, 2.24) is 14.8 Å². The van der Waals surface area contributed by atoms with Crippen LogP contribution in [-0.4, -0.2) is 29.7 Å². The molecule has 0 saturated carbocycles. The highest BCUT2D eigenvalue weighted by molar-refractivity contribution is 6.74. The minimum absolute atomic E-state index is 0.198. The SMILES string of the molecule is CC(C)(C)[Si](C)(C)OCCn1cc(COc2ccc3oc(-c4ccncc4C#N)cc3c2)cn1. The summed E-state index contributed by atoms with van der Waals surface area (Å²) in [6, 6.07) is 11.5. The number of pyridine rings is 1. The fourth-order valence-corrected chi connectivity index (χ4v) is 4.36. The molecule has 3 aromatic heterocycles. The number of ether oxygens (including phenoxy) is 1. The van der Waals surface area contributed by atoms with Gasteiger partial charge in [-0.25, -0.2) is 0 Å². The molecule has 0 atom stereocenters. The number of rotatable bonds is 8. The van der Waals surface area contributed by atoms with E-state index in [1.54, 1.807) is 12.3 Å². The standard InChI is InChI=1S/C26H30N4O3Si/c1-26(2,3)34(4,5)32-11-10-30-17-19(15-29-30)18-31-22-6-7-24-20(12-22)13-25(33-24)23-8-9-28-16-21(23)14-27/h6-9,12-13,15-17H,10-11,18H2,1-5H3. The molecule has 0 spiro atoms. The Morgan fingerprint density at radius 3 is 2.74 bits per heavy atom. The summed E-state index contributed by atoms with van der Waals surface area (Å²) in [5, 5.41) is 14.9. The van der Waals surface area contributed by atoms with Crippen molar-refractivity contribution in [2.75, 3.05) is 6.61 Å². The zero-order valence-electron chi connectivity index (χ0n) is 20.3. The lowest BCUT2D eigenvalue weighted by Crippen LogP contribution is -2.41. The van der Waals surface area contributed by atoms with Crippen LogP contribution < -0.4 is 4.74 Å². The summed E-state index contributed by atoms with van der Waals surface area (Å²) in [5.74, 6) is 1.37. The van der Waals surface area contributed by atoms with Gasteiger partial charge in [0.1, 0.15) is 29.8 Å². The average Bonchev–Trinajstić information content (AvgIpc) is 3.43. The van der Waals surface area contributed by atoms with Crippen molar-refractivity contribution in [3.05, 3.63) is 66.2 Å². The van der Waals surface area contributed by atoms with Gasteiger partial charge in [0.05, 0.1) is 24.9 Å². The van der Waals surface area contributed by atoms with E-state index >= 15 is 0 Å². The van der Waals surface area contributed by atoms with Crippen molar-refractivity contribution < 1.29 is 13.6 Å². The largest absolute Gasteiger partial charge is 0.489 e. The number of aromatic nitrogens is 3. The highest BCUT2D eigenvalue weighted by Gasteiger charge is 2.36. The quantitative estimate of drug-likeness (QED) is 0.284. The Morgan fingerprint density at radius 2 is 1.97 bits per heavy atom. The van der Waals surface area contributed by atoms with Crippen LogP contribution in [0.25, 0.3) is 22.3 Å². The van der Waals surface area contributed by atoms with Crippen LogP contribution in [0.5, 0.6) is 5.75 Å². The normalized spacial score (nSPS) is 12.1. The van der Waals surface area contributed by atoms with Crippen molar-refractivity contribution in [3.63, 3.8) is 0 Å². The van der Waals surface area contributed by atoms with Crippen LogP contribution in [-0.2, 0) is 17.6 Å². The van der Waals surface area contributed by atoms with Gasteiger partial charge in [0.15, 0.2) is 8.32 Å². The Kier molecular flexibility index (Phi) is 6.60. The molecule has 176 valence electrons. The molecule has 4 aromatic rings. The van der Waals surface area contributed by atoms with Crippen LogP contribution in [0, 0.1) is 11.3 Å². The zero-order valence-corrected chi connectivity index (χ0v) is 21.3. The second-order valence-electron chi connectivity index (χ2n) is 9.85. The Morgan fingerprint density at radius 1 is 1.15 bits per heavy atom. The average molecular weight is 475 g/mol. The van der Waals surface area contributed by atoms with Gasteiger partial charge in [0.2, 0.25) is 0 Å². The molecule has 0 amide bonds. The minimum Gasteiger partial charge on any atom is -0.489 e. The van der Waals surface area contributed by atoms with E-state index in [4.69, 9.17) is 13.6 Å². The van der Waals surface area contributed by atoms with Crippen molar-refractivity contribution in [1.29, 1.82) is 5.26 Å². The molecule has 0 unspecified atom stereocenters. The molecule has 1 aromatic carbocycles. The molecule has 0 N–H and O–H groups in total. The van der Waals surface area contributed by atoms with Crippen molar-refractivity contribution in [2.24, 2.45) is 0 Å². The van der Waals surface area contributed by atoms with Crippen LogP contribution >= 0.6 is 0 Å². The number of fused-ring (bicyclic) bond motifs is 1. The highest BCUT2D eigenvalue weighted by atomic mass is 28.4. The molecular formula is C26H30N4O3Si. The zero-order chi connectivity index (χ0) is 24.3. The predicted molar refractivity (Wildman–Crippen MR) is 134 cm³/mol. The summed E-state index contributed by atoms with van der Waals surface area (Å²) in [6.07, 6.45) is 7.01. The summed E-state index contributed by atoms with van der Waals surface area (Å²) in [5.41, 5.74) is 2.93. The molecule has 0 radical (unpaired) electrons. The molecular weight excluding hydrogens is 444 g/mol. The van der Waals surface area contributed by atoms with Crippen LogP contribution in [0.2, 0.25) is 18.1 Å². The lowest BCUT2D eigenvalue weighted by atomic mass is 10.1. The molecule has 4 rings (SSSR count). The van der Waals surface area contributed by atoms with E-state index in [0.717, 1.165) is 34.4 Å². The maximum Gasteiger partial charge on any atom is 0.192 e. The van der Waals surface area contributed by atoms with Crippen molar-refractivity contribution in [3.8, 4) is 23.1 Å². The van der Waals surface area contributed by atoms with E-state index in [-0.39, 0.29) is 5.04 Å². The number of nitrogens with zero attached hydrogens (tertiary/aromatic N) is 4. The third kappa shape index (κ3) is 5.22. The number of hydrogen-bond acceptors (Lipinski definition) is 6. The van der Waals surface area contributed by atoms with Crippen LogP contribution in [0.15, 0.2) is 59.5 Å². The van der Waals surface area contributed by atoms with E-state index in [0.29, 0.717) is 24.5 Å². The third-order valence-electron chi connectivity index (χ3n) is 6.38. The second-order valence-corrected chi connectivity index (χ2v) is 14.7. The van der Waals surface area contributed by atoms with Gasteiger partial charge in [0, 0.05) is 35.1 Å². The van der Waals surface area contributed by atoms with Gasteiger partial charge in [-0.05, 0) is 48.5 Å². The fraction of sp³-hybridized carbons (Fsp3) is 0.346. The van der Waals surface area contributed by atoms with Crippen LogP contribution in [0.4, 0.5) is 0 Å². The first-order valence-corrected chi connectivity index (χ1v) is 14.2. The number of benzene rings is 1. The lowest BCUT2D eigenvalue weighted by molar-refractivity contribution is 0.265. The van der Waals surface area contributed by atoms with Gasteiger partial charge in [-0.1, -0.05) is 20.8 Å². The maximum atomic E-state index is 9.33. The summed E-state index contributed by atoms with van der Waals surface area (Å²) < 4.78 is 20.1. The molecule has 0 aliphatic heterocycles. The van der Waals surface area contributed by atoms with Crippen LogP contribution in [0.3, 0.4) is 0 Å². The third-order valence-corrected chi connectivity index (χ3v) is 10.9. The van der Waals surface area contributed by atoms with Gasteiger partial charge >= 0.3 is 0 Å². The van der Waals surface area contributed by atoms with E-state index < -0.39 is 8.32 Å². The molecule has 0 aliphatic carbocycles. The number of furan rings is 1. The molecule has 34 heavy (non-hydrogen) atoms. The second kappa shape index (κ2) is 9.45. The Bertz CT molecular complexity index is 1330. The van der Waals surface area contributed by atoms with Crippen molar-refractivity contribution >= 4 is 19.3 Å². The van der Waals surface area contributed by atoms with Gasteiger partial charge in [-0.3, -0.25) is 9.67 Å². The smallest absolute Gasteiger partial charge is 0.192 e. The maximum absolute atomic E-state index is 9.33. The van der Waals surface area contributed by atoms with E-state index in [9.17, 15) is 5.26 Å². The first-order chi connectivity index (χ1) is 16.2. The monoisotopic (exact) mass is 474 g/mol. The van der Waals surface area contributed by atoms with Gasteiger partial charge in [-0.15, -0.1) is 0 Å². The van der Waals surface area contributed by atoms with Crippen molar-refractivity contribution in [2.45, 2.75) is 52.1 Å². The molecule has 3 heterocycles. The molecule has 7 nitrogen and oxygen atoms in total. The van der Waals surface area contributed by atoms with E-state index in [2.05, 4.69) is 50.0 Å². The summed E-state index contributed by atoms with van der Waals surface area (Å²) in [7, 11) is -1.75. The minimum atomic E-state index is -1.75. The fourth-order valence-electron chi connectivity index (χ4n) is 3.32. The number of nitriles is 1. The first-order valence-electron chi connectivity index (χ1n) is 11.3. The van der Waals surface area contributed by atoms with E-state index in [1.807, 2.05) is 41.3 Å². The summed E-state index contributed by atoms with van der Waals surface area (Å²) in [4.78, 5) is 4.00. The van der Waals surface area contributed by atoms with Crippen LogP contribution in [0.1, 0.15) is 31.9 Å². The Balaban J connectivity index is 1.37.